The summed E-state index contributed by atoms with van der Waals surface area (Å²) in [6.07, 6.45) is -2.72. The van der Waals surface area contributed by atoms with Crippen molar-refractivity contribution in [3.05, 3.63) is 18.0 Å². The van der Waals surface area contributed by atoms with Gasteiger partial charge in [-0.3, -0.25) is 4.79 Å². The Labute approximate surface area is 183 Å². The van der Waals surface area contributed by atoms with Crippen molar-refractivity contribution in [3.8, 4) is 0 Å². The quantitative estimate of drug-likeness (QED) is 0.741. The minimum Gasteiger partial charge on any atom is -0.444 e. The number of carbonyl (C=O) groups excluding carboxylic acids is 2. The van der Waals surface area contributed by atoms with E-state index >= 15 is 0 Å². The van der Waals surface area contributed by atoms with Crippen molar-refractivity contribution in [3.63, 3.8) is 0 Å². The number of hydrogen-bond acceptors (Lipinski definition) is 7. The van der Waals surface area contributed by atoms with Crippen LogP contribution in [-0.4, -0.2) is 76.4 Å². The highest BCUT2D eigenvalue weighted by atomic mass is 19.4. The van der Waals surface area contributed by atoms with Crippen LogP contribution in [0.15, 0.2) is 12.4 Å². The van der Waals surface area contributed by atoms with Crippen LogP contribution in [0.1, 0.15) is 39.2 Å². The average Bonchev–Trinajstić information content (AvgIpc) is 3.22. The number of ether oxygens (including phenoxy) is 2. The van der Waals surface area contributed by atoms with Crippen molar-refractivity contribution in [2.75, 3.05) is 37.7 Å². The topological polar surface area (TPSA) is 96.9 Å². The number of nitrogens with one attached hydrogen (secondary N) is 1. The Hall–Kier alpha value is -2.63. The van der Waals surface area contributed by atoms with Gasteiger partial charge in [0.05, 0.1) is 17.7 Å². The highest BCUT2D eigenvalue weighted by Crippen LogP contribution is 2.52. The molecule has 0 radical (unpaired) electrons. The lowest BCUT2D eigenvalue weighted by atomic mass is 9.67. The Kier molecular flexibility index (Phi) is 5.26. The molecule has 1 saturated carbocycles. The van der Waals surface area contributed by atoms with Crippen molar-refractivity contribution in [2.45, 2.75) is 56.5 Å². The third kappa shape index (κ3) is 4.32. The molecule has 3 saturated heterocycles. The molecule has 3 aliphatic heterocycles. The Morgan fingerprint density at radius 1 is 1.09 bits per heavy atom. The van der Waals surface area contributed by atoms with E-state index in [2.05, 4.69) is 15.3 Å². The third-order valence-corrected chi connectivity index (χ3v) is 5.84. The number of anilines is 1. The number of piperazine rings is 1. The molecule has 1 N–H and O–H groups in total. The summed E-state index contributed by atoms with van der Waals surface area (Å²) in [5.41, 5.74) is -3.05. The van der Waals surface area contributed by atoms with Crippen molar-refractivity contribution in [2.24, 2.45) is 0 Å². The molecule has 1 aromatic heterocycles. The highest BCUT2D eigenvalue weighted by Gasteiger charge is 2.68. The van der Waals surface area contributed by atoms with Gasteiger partial charge in [-0.1, -0.05) is 0 Å². The summed E-state index contributed by atoms with van der Waals surface area (Å²) >= 11 is 0. The van der Waals surface area contributed by atoms with E-state index in [1.54, 1.807) is 30.6 Å². The lowest BCUT2D eigenvalue weighted by Gasteiger charge is -2.46. The number of alkyl carbamates (subject to hydrolysis) is 1. The molecule has 176 valence electrons. The smallest absolute Gasteiger partial charge is 0.419 e. The number of halogens is 3. The first-order valence-electron chi connectivity index (χ1n) is 10.4. The summed E-state index contributed by atoms with van der Waals surface area (Å²) in [5, 5.41) is 2.84. The van der Waals surface area contributed by atoms with Gasteiger partial charge in [-0.15, -0.1) is 0 Å². The zero-order valence-electron chi connectivity index (χ0n) is 18.2. The molecule has 0 atom stereocenters. The second kappa shape index (κ2) is 7.46. The van der Waals surface area contributed by atoms with Crippen LogP contribution in [0.25, 0.3) is 0 Å². The maximum Gasteiger partial charge on any atom is 0.419 e. The molecule has 4 heterocycles. The monoisotopic (exact) mass is 457 g/mol. The minimum atomic E-state index is -4.49. The lowest BCUT2D eigenvalue weighted by molar-refractivity contribution is -0.156. The average molecular weight is 457 g/mol. The number of nitrogens with zero attached hydrogens (tertiary/aromatic N) is 4. The third-order valence-electron chi connectivity index (χ3n) is 5.84. The first-order valence-corrected chi connectivity index (χ1v) is 10.4. The Bertz CT molecular complexity index is 886. The number of alkyl halides is 3. The Morgan fingerprint density at radius 3 is 2.22 bits per heavy atom. The van der Waals surface area contributed by atoms with Crippen molar-refractivity contribution >= 4 is 17.9 Å². The van der Waals surface area contributed by atoms with Gasteiger partial charge in [-0.25, -0.2) is 14.8 Å². The largest absolute Gasteiger partial charge is 0.444 e. The van der Waals surface area contributed by atoms with Gasteiger partial charge in [0.25, 0.3) is 5.91 Å². The normalized spacial score (nSPS) is 27.7. The first-order chi connectivity index (χ1) is 14.8. The van der Waals surface area contributed by atoms with Gasteiger partial charge in [-0.05, 0) is 20.8 Å². The molecule has 0 spiro atoms. The fourth-order valence-electron chi connectivity index (χ4n) is 4.41. The number of rotatable bonds is 3. The lowest BCUT2D eigenvalue weighted by Crippen LogP contribution is -2.66. The van der Waals surface area contributed by atoms with Crippen LogP contribution in [0.4, 0.5) is 23.9 Å². The predicted octanol–water partition coefficient (Wildman–Crippen LogP) is 1.97. The molecule has 4 aliphatic rings. The van der Waals surface area contributed by atoms with E-state index in [1.165, 1.54) is 0 Å². The first kappa shape index (κ1) is 22.6. The summed E-state index contributed by atoms with van der Waals surface area (Å²) in [6.45, 7) is 7.13. The number of fused-ring (bicyclic) bond motifs is 1. The van der Waals surface area contributed by atoms with Crippen LogP contribution in [0, 0.1) is 0 Å². The van der Waals surface area contributed by atoms with E-state index in [-0.39, 0.29) is 18.5 Å². The molecule has 4 fully saturated rings. The fraction of sp³-hybridized carbons (Fsp3) is 0.700. The zero-order valence-corrected chi connectivity index (χ0v) is 18.2. The van der Waals surface area contributed by atoms with Gasteiger partial charge >= 0.3 is 12.3 Å². The van der Waals surface area contributed by atoms with Crippen molar-refractivity contribution in [1.82, 2.24) is 20.2 Å². The highest BCUT2D eigenvalue weighted by molar-refractivity contribution is 5.88. The van der Waals surface area contributed by atoms with Crippen molar-refractivity contribution < 1.29 is 32.2 Å². The number of amides is 2. The molecule has 2 bridgehead atoms. The predicted molar refractivity (Wildman–Crippen MR) is 106 cm³/mol. The van der Waals surface area contributed by atoms with E-state index in [4.69, 9.17) is 9.47 Å². The van der Waals surface area contributed by atoms with Crippen LogP contribution in [0.5, 0.6) is 0 Å². The second-order valence-electron chi connectivity index (χ2n) is 9.59. The number of hydrogen-bond donors (Lipinski definition) is 1. The minimum absolute atomic E-state index is 0.135. The van der Waals surface area contributed by atoms with E-state index < -0.39 is 34.6 Å². The molecule has 0 aromatic carbocycles. The molecule has 1 aliphatic carbocycles. The summed E-state index contributed by atoms with van der Waals surface area (Å²) < 4.78 is 49.2. The van der Waals surface area contributed by atoms with Gasteiger partial charge in [0.15, 0.2) is 5.60 Å². The van der Waals surface area contributed by atoms with E-state index in [0.717, 1.165) is 12.4 Å². The summed E-state index contributed by atoms with van der Waals surface area (Å²) in [5.74, 6) is 0.0641. The Balaban J connectivity index is 1.30. The van der Waals surface area contributed by atoms with Gasteiger partial charge in [0, 0.05) is 51.4 Å². The van der Waals surface area contributed by atoms with Gasteiger partial charge in [-0.2, -0.15) is 13.2 Å². The van der Waals surface area contributed by atoms with Gasteiger partial charge in [0.2, 0.25) is 5.95 Å². The zero-order chi connectivity index (χ0) is 23.4. The van der Waals surface area contributed by atoms with E-state index in [9.17, 15) is 22.8 Å². The SMILES string of the molecule is CC(C)(C)OC(=O)N[C@]12CO[C@](C(=O)N3CCN(c4ncc(C(F)(F)F)cn4)CC3)(C1)C2. The molecule has 0 unspecified atom stereocenters. The molecule has 2 amide bonds. The van der Waals surface area contributed by atoms with E-state index in [1.807, 2.05) is 0 Å². The standard InChI is InChI=1S/C20H26F3N5O4/c1-17(2,3)32-16(30)26-18-10-19(11-18,31-12-18)14(29)27-4-6-28(7-5-27)15-24-8-13(9-25-15)20(21,22)23/h8-9H,4-7,10-12H2,1-3H3,(H,26,30)/t18-,19-. The van der Waals surface area contributed by atoms with Crippen LogP contribution < -0.4 is 10.2 Å². The maximum absolute atomic E-state index is 13.1. The molecular formula is C20H26F3N5O4. The van der Waals surface area contributed by atoms with Crippen LogP contribution in [-0.2, 0) is 20.4 Å². The molecular weight excluding hydrogens is 431 g/mol. The van der Waals surface area contributed by atoms with Gasteiger partial charge < -0.3 is 24.6 Å². The molecule has 12 heteroatoms. The van der Waals surface area contributed by atoms with Gasteiger partial charge in [0.1, 0.15) is 5.60 Å². The Morgan fingerprint density at radius 2 is 1.69 bits per heavy atom. The maximum atomic E-state index is 13.1. The molecule has 32 heavy (non-hydrogen) atoms. The second-order valence-corrected chi connectivity index (χ2v) is 9.59. The van der Waals surface area contributed by atoms with E-state index in [0.29, 0.717) is 39.0 Å². The molecule has 9 nitrogen and oxygen atoms in total. The number of carbonyl (C=O) groups is 2. The summed E-state index contributed by atoms with van der Waals surface area (Å²) in [6, 6.07) is 0. The van der Waals surface area contributed by atoms with Crippen LogP contribution in [0.3, 0.4) is 0 Å². The number of aromatic nitrogens is 2. The molecule has 5 rings (SSSR count). The summed E-state index contributed by atoms with van der Waals surface area (Å²) in [4.78, 5) is 36.3. The summed E-state index contributed by atoms with van der Waals surface area (Å²) in [7, 11) is 0. The van der Waals surface area contributed by atoms with Crippen LogP contribution >= 0.6 is 0 Å². The molecule has 1 aromatic rings. The van der Waals surface area contributed by atoms with Crippen molar-refractivity contribution in [1.29, 1.82) is 0 Å². The fourth-order valence-corrected chi connectivity index (χ4v) is 4.41. The van der Waals surface area contributed by atoms with Crippen LogP contribution in [0.2, 0.25) is 0 Å².